The Labute approximate surface area is 168 Å². The first-order valence-electron chi connectivity index (χ1n) is 8.50. The average Bonchev–Trinajstić information content (AvgIpc) is 2.59. The fraction of sp³-hybridized carbons (Fsp3) is 0.389. The summed E-state index contributed by atoms with van der Waals surface area (Å²) >= 11 is 12.1. The molecule has 2 aromatic rings. The molecule has 0 unspecified atom stereocenters. The summed E-state index contributed by atoms with van der Waals surface area (Å²) in [6.07, 6.45) is 2.80. The molecule has 0 bridgehead atoms. The van der Waals surface area contributed by atoms with Crippen LogP contribution in [0.2, 0.25) is 10.0 Å². The van der Waals surface area contributed by atoms with Gasteiger partial charge in [-0.1, -0.05) is 23.2 Å². The second kappa shape index (κ2) is 9.94. The Kier molecular flexibility index (Phi) is 7.91. The summed E-state index contributed by atoms with van der Waals surface area (Å²) in [5, 5.41) is 12.8. The SMILES string of the molecule is CN(C/C(N)=C/N(N)CCCCF)Cc1ccc2c(Cl)cc(Cl)c(O)c2n1. The van der Waals surface area contributed by atoms with Crippen molar-refractivity contribution in [1.82, 2.24) is 14.9 Å². The summed E-state index contributed by atoms with van der Waals surface area (Å²) in [5.41, 5.74) is 7.69. The molecule has 0 aliphatic rings. The summed E-state index contributed by atoms with van der Waals surface area (Å²) in [6, 6.07) is 5.13. The number of halogens is 3. The summed E-state index contributed by atoms with van der Waals surface area (Å²) < 4.78 is 12.1. The van der Waals surface area contributed by atoms with Gasteiger partial charge in [-0.05, 0) is 38.1 Å². The minimum Gasteiger partial charge on any atom is -0.504 e. The van der Waals surface area contributed by atoms with Crippen molar-refractivity contribution in [2.45, 2.75) is 19.4 Å². The number of rotatable bonds is 9. The van der Waals surface area contributed by atoms with E-state index in [0.29, 0.717) is 54.1 Å². The average molecular weight is 416 g/mol. The number of hydrogen-bond donors (Lipinski definition) is 3. The minimum absolute atomic E-state index is 0.0907. The molecule has 0 aliphatic carbocycles. The van der Waals surface area contributed by atoms with Gasteiger partial charge < -0.3 is 15.8 Å². The summed E-state index contributed by atoms with van der Waals surface area (Å²) in [6.45, 7) is 1.17. The number of aromatic hydroxyl groups is 1. The second-order valence-electron chi connectivity index (χ2n) is 6.40. The molecule has 0 saturated carbocycles. The van der Waals surface area contributed by atoms with Crippen LogP contribution in [-0.2, 0) is 6.54 Å². The van der Waals surface area contributed by atoms with Crippen molar-refractivity contribution in [2.75, 3.05) is 26.8 Å². The summed E-state index contributed by atoms with van der Waals surface area (Å²) in [7, 11) is 1.89. The monoisotopic (exact) mass is 415 g/mol. The molecule has 9 heteroatoms. The van der Waals surface area contributed by atoms with E-state index in [-0.39, 0.29) is 17.4 Å². The zero-order chi connectivity index (χ0) is 20.0. The van der Waals surface area contributed by atoms with Crippen molar-refractivity contribution in [1.29, 1.82) is 0 Å². The highest BCUT2D eigenvalue weighted by Crippen LogP contribution is 2.36. The van der Waals surface area contributed by atoms with Crippen LogP contribution in [0, 0.1) is 0 Å². The Balaban J connectivity index is 2.03. The number of phenolic OH excluding ortho intramolecular Hbond substituents is 1. The molecule has 27 heavy (non-hydrogen) atoms. The van der Waals surface area contributed by atoms with Crippen LogP contribution in [0.15, 0.2) is 30.1 Å². The maximum Gasteiger partial charge on any atom is 0.160 e. The number of nitrogens with two attached hydrogens (primary N) is 2. The lowest BCUT2D eigenvalue weighted by molar-refractivity contribution is 0.334. The molecule has 0 aliphatic heterocycles. The maximum atomic E-state index is 12.1. The number of alkyl halides is 1. The first-order valence-corrected chi connectivity index (χ1v) is 9.26. The predicted molar refractivity (Wildman–Crippen MR) is 108 cm³/mol. The zero-order valence-corrected chi connectivity index (χ0v) is 16.6. The van der Waals surface area contributed by atoms with Gasteiger partial charge in [0.25, 0.3) is 0 Å². The molecule has 0 amide bonds. The molecule has 2 rings (SSSR count). The molecule has 148 valence electrons. The van der Waals surface area contributed by atoms with Crippen LogP contribution in [0.3, 0.4) is 0 Å². The minimum atomic E-state index is -0.347. The number of hydrogen-bond acceptors (Lipinski definition) is 6. The van der Waals surface area contributed by atoms with E-state index in [1.807, 2.05) is 18.0 Å². The molecule has 1 heterocycles. The number of aromatic nitrogens is 1. The number of pyridine rings is 1. The lowest BCUT2D eigenvalue weighted by atomic mass is 10.2. The van der Waals surface area contributed by atoms with Crippen molar-refractivity contribution in [3.63, 3.8) is 0 Å². The molecular formula is C18H24Cl2FN5O. The van der Waals surface area contributed by atoms with E-state index >= 15 is 0 Å². The standard InChI is InChI=1S/C18H24Cl2FN5O/c1-25(9-12(22)10-26(23)7-3-2-6-21)11-13-4-5-14-15(19)8-16(20)18(27)17(14)24-13/h4-5,8,10,27H,2-3,6-7,9,11,22-23H2,1H3/b12-10-. The number of phenols is 1. The van der Waals surface area contributed by atoms with E-state index in [0.717, 1.165) is 5.69 Å². The van der Waals surface area contributed by atoms with E-state index in [1.165, 1.54) is 11.1 Å². The van der Waals surface area contributed by atoms with Gasteiger partial charge in [0.05, 0.1) is 22.4 Å². The van der Waals surface area contributed by atoms with Crippen molar-refractivity contribution in [2.24, 2.45) is 11.6 Å². The summed E-state index contributed by atoms with van der Waals surface area (Å²) in [4.78, 5) is 6.42. The van der Waals surface area contributed by atoms with Gasteiger partial charge >= 0.3 is 0 Å². The third kappa shape index (κ3) is 6.10. The van der Waals surface area contributed by atoms with Crippen LogP contribution in [0.25, 0.3) is 10.9 Å². The number of nitrogens with zero attached hydrogens (tertiary/aromatic N) is 3. The van der Waals surface area contributed by atoms with Crippen molar-refractivity contribution in [3.05, 3.63) is 45.8 Å². The van der Waals surface area contributed by atoms with E-state index < -0.39 is 0 Å². The first-order chi connectivity index (χ1) is 12.8. The van der Waals surface area contributed by atoms with Crippen molar-refractivity contribution in [3.8, 4) is 5.75 Å². The molecule has 5 N–H and O–H groups in total. The smallest absolute Gasteiger partial charge is 0.160 e. The van der Waals surface area contributed by atoms with Crippen LogP contribution in [-0.4, -0.2) is 46.8 Å². The van der Waals surface area contributed by atoms with Gasteiger partial charge in [0.1, 0.15) is 5.52 Å². The molecule has 0 fully saturated rings. The number of fused-ring (bicyclic) bond motifs is 1. The lowest BCUT2D eigenvalue weighted by Gasteiger charge is -2.19. The fourth-order valence-corrected chi connectivity index (χ4v) is 3.20. The molecule has 1 aromatic heterocycles. The second-order valence-corrected chi connectivity index (χ2v) is 7.21. The largest absolute Gasteiger partial charge is 0.504 e. The van der Waals surface area contributed by atoms with Crippen molar-refractivity contribution >= 4 is 34.1 Å². The maximum absolute atomic E-state index is 12.1. The highest BCUT2D eigenvalue weighted by atomic mass is 35.5. The van der Waals surface area contributed by atoms with Gasteiger partial charge in [-0.25, -0.2) is 10.8 Å². The Hall–Kier alpha value is -1.80. The number of unbranched alkanes of at least 4 members (excludes halogenated alkanes) is 1. The third-order valence-electron chi connectivity index (χ3n) is 3.93. The van der Waals surface area contributed by atoms with E-state index in [9.17, 15) is 9.50 Å². The fourth-order valence-electron chi connectivity index (χ4n) is 2.68. The van der Waals surface area contributed by atoms with Crippen molar-refractivity contribution < 1.29 is 9.50 Å². The molecule has 1 aromatic carbocycles. The van der Waals surface area contributed by atoms with Crippen LogP contribution in [0.5, 0.6) is 5.75 Å². The van der Waals surface area contributed by atoms with E-state index in [1.54, 1.807) is 12.3 Å². The number of benzene rings is 1. The predicted octanol–water partition coefficient (Wildman–Crippen LogP) is 3.40. The molecule has 0 spiro atoms. The zero-order valence-electron chi connectivity index (χ0n) is 15.1. The Morgan fingerprint density at radius 1 is 1.30 bits per heavy atom. The molecule has 0 atom stereocenters. The van der Waals surface area contributed by atoms with Gasteiger partial charge in [0.2, 0.25) is 0 Å². The highest BCUT2D eigenvalue weighted by molar-refractivity contribution is 6.39. The van der Waals surface area contributed by atoms with Gasteiger partial charge in [0.15, 0.2) is 5.75 Å². The van der Waals surface area contributed by atoms with Gasteiger partial charge in [-0.3, -0.25) is 9.29 Å². The number of likely N-dealkylation sites (N-methyl/N-ethyl adjacent to an activating group) is 1. The van der Waals surface area contributed by atoms with E-state index in [2.05, 4.69) is 4.98 Å². The van der Waals surface area contributed by atoms with E-state index in [4.69, 9.17) is 34.8 Å². The Morgan fingerprint density at radius 3 is 2.74 bits per heavy atom. The normalized spacial score (nSPS) is 12.1. The van der Waals surface area contributed by atoms with Crippen LogP contribution in [0.1, 0.15) is 18.5 Å². The molecular weight excluding hydrogens is 392 g/mol. The quantitative estimate of drug-likeness (QED) is 0.330. The van der Waals surface area contributed by atoms with Gasteiger partial charge in [-0.2, -0.15) is 0 Å². The highest BCUT2D eigenvalue weighted by Gasteiger charge is 2.12. The van der Waals surface area contributed by atoms with Crippen LogP contribution in [0.4, 0.5) is 4.39 Å². The van der Waals surface area contributed by atoms with Crippen LogP contribution < -0.4 is 11.6 Å². The van der Waals surface area contributed by atoms with Gasteiger partial charge in [-0.15, -0.1) is 0 Å². The Morgan fingerprint density at radius 2 is 2.04 bits per heavy atom. The molecule has 6 nitrogen and oxygen atoms in total. The third-order valence-corrected chi connectivity index (χ3v) is 4.53. The summed E-state index contributed by atoms with van der Waals surface area (Å²) in [5.74, 6) is 5.73. The first kappa shape index (κ1) is 21.5. The van der Waals surface area contributed by atoms with Crippen LogP contribution >= 0.6 is 23.2 Å². The lowest BCUT2D eigenvalue weighted by Crippen LogP contribution is -2.30. The molecule has 0 saturated heterocycles. The van der Waals surface area contributed by atoms with Gasteiger partial charge in [0, 0.05) is 36.9 Å². The molecule has 0 radical (unpaired) electrons. The number of hydrazine groups is 1. The topological polar surface area (TPSA) is 91.6 Å². The Bertz CT molecular complexity index is 818.